The van der Waals surface area contributed by atoms with Crippen molar-refractivity contribution in [3.63, 3.8) is 0 Å². The molecule has 0 aliphatic carbocycles. The second kappa shape index (κ2) is 5.97. The van der Waals surface area contributed by atoms with Gasteiger partial charge in [-0.05, 0) is 36.2 Å². The van der Waals surface area contributed by atoms with Crippen LogP contribution in [0.1, 0.15) is 15.9 Å². The first-order valence-corrected chi connectivity index (χ1v) is 7.08. The van der Waals surface area contributed by atoms with Crippen LogP contribution >= 0.6 is 0 Å². The fraction of sp³-hybridized carbons (Fsp3) is 0.176. The number of aromatic nitrogens is 2. The number of carbonyl (C=O) groups excluding carboxylic acids is 1. The summed E-state index contributed by atoms with van der Waals surface area (Å²) >= 11 is 0. The molecule has 1 heterocycles. The van der Waals surface area contributed by atoms with Crippen molar-refractivity contribution in [1.29, 1.82) is 0 Å². The highest BCUT2D eigenvalue weighted by atomic mass is 19.1. The number of halogens is 1. The summed E-state index contributed by atoms with van der Waals surface area (Å²) in [6, 6.07) is 12.0. The number of carbonyl (C=O) groups is 1. The van der Waals surface area contributed by atoms with Gasteiger partial charge in [-0.1, -0.05) is 18.2 Å². The van der Waals surface area contributed by atoms with Crippen molar-refractivity contribution in [1.82, 2.24) is 14.9 Å². The Morgan fingerprint density at radius 1 is 1.27 bits per heavy atom. The van der Waals surface area contributed by atoms with Gasteiger partial charge in [0.1, 0.15) is 5.82 Å². The van der Waals surface area contributed by atoms with E-state index in [1.54, 1.807) is 18.5 Å². The number of nitrogens with zero attached hydrogens (tertiary/aromatic N) is 2. The zero-order valence-electron chi connectivity index (χ0n) is 12.2. The van der Waals surface area contributed by atoms with Crippen molar-refractivity contribution >= 4 is 16.9 Å². The van der Waals surface area contributed by atoms with Crippen molar-refractivity contribution < 1.29 is 9.18 Å². The minimum Gasteiger partial charge on any atom is -0.352 e. The van der Waals surface area contributed by atoms with Gasteiger partial charge in [-0.25, -0.2) is 9.37 Å². The van der Waals surface area contributed by atoms with E-state index in [9.17, 15) is 9.18 Å². The Labute approximate surface area is 127 Å². The standard InChI is InChI=1S/C17H16FN3O/c1-21-11-20-15-10-12(6-7-16(15)21)8-9-19-17(22)13-4-2-3-5-14(13)18/h2-7,10-11H,8-9H2,1H3,(H,19,22). The number of amides is 1. The number of benzene rings is 2. The molecule has 2 aromatic carbocycles. The second-order valence-electron chi connectivity index (χ2n) is 5.16. The molecule has 4 nitrogen and oxygen atoms in total. The maximum Gasteiger partial charge on any atom is 0.254 e. The summed E-state index contributed by atoms with van der Waals surface area (Å²) in [5.41, 5.74) is 3.15. The molecule has 0 saturated carbocycles. The van der Waals surface area contributed by atoms with Crippen molar-refractivity contribution in [2.75, 3.05) is 6.54 Å². The number of imidazole rings is 1. The lowest BCUT2D eigenvalue weighted by Crippen LogP contribution is -2.26. The lowest BCUT2D eigenvalue weighted by atomic mass is 10.1. The largest absolute Gasteiger partial charge is 0.352 e. The SMILES string of the molecule is Cn1cnc2cc(CCNC(=O)c3ccccc3F)ccc21. The molecule has 0 unspecified atom stereocenters. The van der Waals surface area contributed by atoms with E-state index in [4.69, 9.17) is 0 Å². The van der Waals surface area contributed by atoms with Gasteiger partial charge < -0.3 is 9.88 Å². The quantitative estimate of drug-likeness (QED) is 0.805. The number of fused-ring (bicyclic) bond motifs is 1. The zero-order valence-corrected chi connectivity index (χ0v) is 12.2. The molecule has 5 heteroatoms. The molecule has 0 atom stereocenters. The molecule has 22 heavy (non-hydrogen) atoms. The van der Waals surface area contributed by atoms with Gasteiger partial charge in [0.25, 0.3) is 5.91 Å². The lowest BCUT2D eigenvalue weighted by molar-refractivity contribution is 0.0950. The van der Waals surface area contributed by atoms with Crippen LogP contribution in [-0.4, -0.2) is 22.0 Å². The van der Waals surface area contributed by atoms with Crippen LogP contribution < -0.4 is 5.32 Å². The van der Waals surface area contributed by atoms with E-state index in [0.29, 0.717) is 13.0 Å². The van der Waals surface area contributed by atoms with Crippen molar-refractivity contribution in [2.24, 2.45) is 7.05 Å². The molecule has 0 aliphatic rings. The van der Waals surface area contributed by atoms with Gasteiger partial charge in [-0.3, -0.25) is 4.79 Å². The van der Waals surface area contributed by atoms with Crippen LogP contribution in [-0.2, 0) is 13.5 Å². The molecular formula is C17H16FN3O. The summed E-state index contributed by atoms with van der Waals surface area (Å²) in [4.78, 5) is 16.2. The molecule has 112 valence electrons. The molecular weight excluding hydrogens is 281 g/mol. The van der Waals surface area contributed by atoms with E-state index in [1.807, 2.05) is 29.8 Å². The number of rotatable bonds is 4. The number of aryl methyl sites for hydroxylation is 1. The highest BCUT2D eigenvalue weighted by Gasteiger charge is 2.10. The van der Waals surface area contributed by atoms with Gasteiger partial charge in [0, 0.05) is 13.6 Å². The second-order valence-corrected chi connectivity index (χ2v) is 5.16. The fourth-order valence-corrected chi connectivity index (χ4v) is 2.40. The maximum atomic E-state index is 13.5. The molecule has 1 aromatic heterocycles. The summed E-state index contributed by atoms with van der Waals surface area (Å²) in [5.74, 6) is -0.896. The average molecular weight is 297 g/mol. The Bertz CT molecular complexity index is 826. The average Bonchev–Trinajstić information content (AvgIpc) is 2.88. The van der Waals surface area contributed by atoms with Gasteiger partial charge in [0.05, 0.1) is 22.9 Å². The fourth-order valence-electron chi connectivity index (χ4n) is 2.40. The predicted molar refractivity (Wildman–Crippen MR) is 83.2 cm³/mol. The molecule has 0 aliphatic heterocycles. The van der Waals surface area contributed by atoms with Crippen LogP contribution in [0.15, 0.2) is 48.8 Å². The summed E-state index contributed by atoms with van der Waals surface area (Å²) in [6.45, 7) is 0.450. The minimum atomic E-state index is -0.505. The van der Waals surface area contributed by atoms with E-state index >= 15 is 0 Å². The Hall–Kier alpha value is -2.69. The predicted octanol–water partition coefficient (Wildman–Crippen LogP) is 2.68. The van der Waals surface area contributed by atoms with E-state index in [2.05, 4.69) is 10.3 Å². The third-order valence-electron chi connectivity index (χ3n) is 3.61. The van der Waals surface area contributed by atoms with Gasteiger partial charge in [-0.2, -0.15) is 0 Å². The topological polar surface area (TPSA) is 46.9 Å². The first-order chi connectivity index (χ1) is 10.6. The normalized spacial score (nSPS) is 10.8. The smallest absolute Gasteiger partial charge is 0.254 e. The molecule has 0 saturated heterocycles. The molecule has 3 aromatic rings. The van der Waals surface area contributed by atoms with Crippen LogP contribution in [0.2, 0.25) is 0 Å². The van der Waals surface area contributed by atoms with Crippen molar-refractivity contribution in [2.45, 2.75) is 6.42 Å². The van der Waals surface area contributed by atoms with Gasteiger partial charge in [0.2, 0.25) is 0 Å². The van der Waals surface area contributed by atoms with Gasteiger partial charge in [0.15, 0.2) is 0 Å². The van der Waals surface area contributed by atoms with Crippen molar-refractivity contribution in [3.05, 3.63) is 65.7 Å². The van der Waals surface area contributed by atoms with Gasteiger partial charge in [-0.15, -0.1) is 0 Å². The van der Waals surface area contributed by atoms with E-state index in [1.165, 1.54) is 12.1 Å². The summed E-state index contributed by atoms with van der Waals surface area (Å²) in [6.07, 6.45) is 2.45. The summed E-state index contributed by atoms with van der Waals surface area (Å²) in [5, 5.41) is 2.74. The molecule has 0 spiro atoms. The van der Waals surface area contributed by atoms with E-state index in [0.717, 1.165) is 16.6 Å². The molecule has 1 N–H and O–H groups in total. The Morgan fingerprint density at radius 2 is 2.09 bits per heavy atom. The number of nitrogens with one attached hydrogen (secondary N) is 1. The maximum absolute atomic E-state index is 13.5. The Kier molecular flexibility index (Phi) is 3.87. The monoisotopic (exact) mass is 297 g/mol. The minimum absolute atomic E-state index is 0.0719. The van der Waals surface area contributed by atoms with E-state index < -0.39 is 11.7 Å². The lowest BCUT2D eigenvalue weighted by Gasteiger charge is -2.06. The first kappa shape index (κ1) is 14.3. The summed E-state index contributed by atoms with van der Waals surface area (Å²) in [7, 11) is 1.95. The van der Waals surface area contributed by atoms with Crippen LogP contribution in [0.5, 0.6) is 0 Å². The van der Waals surface area contributed by atoms with E-state index in [-0.39, 0.29) is 5.56 Å². The number of hydrogen-bond acceptors (Lipinski definition) is 2. The third-order valence-corrected chi connectivity index (χ3v) is 3.61. The molecule has 0 radical (unpaired) electrons. The first-order valence-electron chi connectivity index (χ1n) is 7.08. The molecule has 0 fully saturated rings. The van der Waals surface area contributed by atoms with Crippen LogP contribution in [0.4, 0.5) is 4.39 Å². The van der Waals surface area contributed by atoms with Crippen LogP contribution in [0, 0.1) is 5.82 Å². The Morgan fingerprint density at radius 3 is 2.91 bits per heavy atom. The highest BCUT2D eigenvalue weighted by Crippen LogP contribution is 2.14. The van der Waals surface area contributed by atoms with Gasteiger partial charge >= 0.3 is 0 Å². The summed E-state index contributed by atoms with van der Waals surface area (Å²) < 4.78 is 15.5. The Balaban J connectivity index is 1.62. The zero-order chi connectivity index (χ0) is 15.5. The molecule has 3 rings (SSSR count). The molecule has 0 bridgehead atoms. The van der Waals surface area contributed by atoms with Crippen LogP contribution in [0.25, 0.3) is 11.0 Å². The highest BCUT2D eigenvalue weighted by molar-refractivity contribution is 5.94. The number of hydrogen-bond donors (Lipinski definition) is 1. The molecule has 1 amide bonds. The van der Waals surface area contributed by atoms with Crippen LogP contribution in [0.3, 0.4) is 0 Å². The van der Waals surface area contributed by atoms with Crippen molar-refractivity contribution in [3.8, 4) is 0 Å². The third kappa shape index (κ3) is 2.83.